The van der Waals surface area contributed by atoms with Crippen LogP contribution in [0.4, 0.5) is 0 Å². The van der Waals surface area contributed by atoms with Gasteiger partial charge in [0, 0.05) is 19.3 Å². The molecule has 0 saturated carbocycles. The Balaban J connectivity index is 5.42. The summed E-state index contributed by atoms with van der Waals surface area (Å²) in [5.41, 5.74) is 0. The summed E-state index contributed by atoms with van der Waals surface area (Å²) >= 11 is 0. The number of hydrogen-bond acceptors (Lipinski definition) is 15. The van der Waals surface area contributed by atoms with E-state index < -0.39 is 97.5 Å². The van der Waals surface area contributed by atoms with Gasteiger partial charge in [0.25, 0.3) is 0 Å². The van der Waals surface area contributed by atoms with Gasteiger partial charge in [0.1, 0.15) is 19.3 Å². The van der Waals surface area contributed by atoms with Crippen LogP contribution < -0.4 is 0 Å². The Morgan fingerprint density at radius 2 is 0.560 bits per heavy atom. The lowest BCUT2D eigenvalue weighted by Gasteiger charge is -2.21. The topological polar surface area (TPSA) is 237 Å². The van der Waals surface area contributed by atoms with Gasteiger partial charge in [-0.05, 0) is 116 Å². The molecule has 574 valence electrons. The molecule has 0 fully saturated rings. The molecule has 0 spiro atoms. The molecule has 17 nitrogen and oxygen atoms in total. The van der Waals surface area contributed by atoms with Gasteiger partial charge >= 0.3 is 39.5 Å². The molecular weight excluding hydrogens is 1310 g/mol. The summed E-state index contributed by atoms with van der Waals surface area (Å²) in [6, 6.07) is 0. The highest BCUT2D eigenvalue weighted by Crippen LogP contribution is 2.45. The number of aliphatic hydroxyl groups is 1. The number of esters is 4. The van der Waals surface area contributed by atoms with Crippen LogP contribution in [-0.4, -0.2) is 96.7 Å². The number of unbranched alkanes of at least 4 members (excludes halogenated alkanes) is 27. The van der Waals surface area contributed by atoms with Gasteiger partial charge in [-0.2, -0.15) is 0 Å². The molecule has 100 heavy (non-hydrogen) atoms. The van der Waals surface area contributed by atoms with Crippen molar-refractivity contribution >= 4 is 39.5 Å². The number of ether oxygens (including phenoxy) is 4. The van der Waals surface area contributed by atoms with Gasteiger partial charge in [-0.1, -0.05) is 290 Å². The van der Waals surface area contributed by atoms with Gasteiger partial charge in [0.2, 0.25) is 0 Å². The number of aliphatic hydroxyl groups excluding tert-OH is 1. The van der Waals surface area contributed by atoms with E-state index in [1.54, 1.807) is 6.08 Å². The molecule has 0 aromatic heterocycles. The average Bonchev–Trinajstić information content (AvgIpc) is 0.937. The van der Waals surface area contributed by atoms with E-state index in [-0.39, 0.29) is 25.7 Å². The van der Waals surface area contributed by atoms with E-state index in [0.717, 1.165) is 161 Å². The van der Waals surface area contributed by atoms with Crippen molar-refractivity contribution in [2.75, 3.05) is 39.6 Å². The zero-order valence-electron chi connectivity index (χ0n) is 62.6. The number of carbonyl (C=O) groups excluding carboxylic acids is 4. The normalized spacial score (nSPS) is 14.6. The molecule has 5 unspecified atom stereocenters. The van der Waals surface area contributed by atoms with Crippen molar-refractivity contribution in [1.82, 2.24) is 0 Å². The highest BCUT2D eigenvalue weighted by Gasteiger charge is 2.30. The number of rotatable bonds is 72. The van der Waals surface area contributed by atoms with Gasteiger partial charge in [-0.25, -0.2) is 9.13 Å². The number of carbonyl (C=O) groups is 4. The minimum Gasteiger partial charge on any atom is -0.462 e. The van der Waals surface area contributed by atoms with Crippen molar-refractivity contribution < 1.29 is 80.2 Å². The Morgan fingerprint density at radius 3 is 0.910 bits per heavy atom. The first-order valence-electron chi connectivity index (χ1n) is 38.8. The predicted octanol–water partition coefficient (Wildman–Crippen LogP) is 22.3. The molecule has 19 heteroatoms. The standard InChI is InChI=1S/C81H138O17P2/c1-5-9-13-17-21-25-29-33-36-37-40-43-46-50-54-58-62-66-79(84)92-72-77(98-81(86)68-64-60-56-52-48-44-39-35-31-27-23-19-15-11-7-3)74-96-100(89,90)94-70-75(82)69-93-99(87,88)95-73-76(97-80(85)67-63-59-55-51-47-41-32-28-24-20-16-12-8-4)71-91-78(83)65-61-57-53-49-45-42-38-34-30-26-22-18-14-10-6-2/h9-10,13-14,21-23,25-27,33-36,38-39,45,49,57,61,75-77,82H,5-8,11-12,15-20,24,28-32,37,40-44,46-48,50-56,58-60,62-74H2,1-4H3,(H,87,88)(H,89,90)/b13-9-,14-10-,25-21-,26-22-,27-23-,36-33-,38-34-,39-35-,49-45-,61-57-. The van der Waals surface area contributed by atoms with Crippen LogP contribution in [0, 0.1) is 0 Å². The summed E-state index contributed by atoms with van der Waals surface area (Å²) in [6.07, 6.45) is 79.3. The highest BCUT2D eigenvalue weighted by molar-refractivity contribution is 7.47. The maximum absolute atomic E-state index is 13.1. The third-order valence-electron chi connectivity index (χ3n) is 16.0. The van der Waals surface area contributed by atoms with Gasteiger partial charge in [0.15, 0.2) is 12.2 Å². The lowest BCUT2D eigenvalue weighted by Crippen LogP contribution is -2.30. The van der Waals surface area contributed by atoms with Crippen LogP contribution in [-0.2, 0) is 65.4 Å². The SMILES string of the molecule is CC/C=C\C/C=C\C/C=C\C/C=C\C/C=C\CC(=O)OCC(COP(=O)(O)OCC(O)COP(=O)(O)OCC(COC(=O)CCCCCCCCC/C=C\C/C=C\C/C=C\CC)OC(=O)CCCCCCC/C=C\C/C=C\CCCCC)OC(=O)CCCCCCCCCCCCCCC. The maximum atomic E-state index is 13.1. The van der Waals surface area contributed by atoms with E-state index in [9.17, 15) is 43.2 Å². The number of allylic oxidation sites excluding steroid dienone is 19. The van der Waals surface area contributed by atoms with E-state index >= 15 is 0 Å². The fourth-order valence-electron chi connectivity index (χ4n) is 10.1. The average molecular weight is 1450 g/mol. The minimum atomic E-state index is -4.99. The maximum Gasteiger partial charge on any atom is 0.472 e. The second kappa shape index (κ2) is 72.8. The fraction of sp³-hybridized carbons (Fsp3) is 0.704. The van der Waals surface area contributed by atoms with E-state index in [1.165, 1.54) is 70.6 Å². The largest absolute Gasteiger partial charge is 0.472 e. The van der Waals surface area contributed by atoms with Crippen molar-refractivity contribution in [2.24, 2.45) is 0 Å². The number of phosphoric ester groups is 2. The molecule has 0 saturated heterocycles. The number of phosphoric acid groups is 2. The molecule has 0 amide bonds. The minimum absolute atomic E-state index is 0.0705. The summed E-state index contributed by atoms with van der Waals surface area (Å²) in [4.78, 5) is 72.8. The lowest BCUT2D eigenvalue weighted by molar-refractivity contribution is -0.161. The zero-order chi connectivity index (χ0) is 73.2. The van der Waals surface area contributed by atoms with Crippen LogP contribution in [0.2, 0.25) is 0 Å². The van der Waals surface area contributed by atoms with E-state index in [0.29, 0.717) is 25.7 Å². The van der Waals surface area contributed by atoms with Gasteiger partial charge in [-0.15, -0.1) is 0 Å². The molecule has 5 atom stereocenters. The molecule has 3 N–H and O–H groups in total. The van der Waals surface area contributed by atoms with Crippen molar-refractivity contribution in [1.29, 1.82) is 0 Å². The molecule has 0 heterocycles. The molecule has 0 aliphatic rings. The number of hydrogen-bond donors (Lipinski definition) is 3. The van der Waals surface area contributed by atoms with Crippen LogP contribution in [0.25, 0.3) is 0 Å². The fourth-order valence-corrected chi connectivity index (χ4v) is 11.7. The molecule has 0 bridgehead atoms. The monoisotopic (exact) mass is 1440 g/mol. The van der Waals surface area contributed by atoms with Crippen LogP contribution in [0.15, 0.2) is 122 Å². The molecule has 0 aromatic carbocycles. The Hall–Kier alpha value is -4.54. The first-order valence-corrected chi connectivity index (χ1v) is 41.8. The molecule has 0 rings (SSSR count). The predicted molar refractivity (Wildman–Crippen MR) is 408 cm³/mol. The Bertz CT molecular complexity index is 2370. The van der Waals surface area contributed by atoms with Crippen molar-refractivity contribution in [2.45, 2.75) is 329 Å². The van der Waals surface area contributed by atoms with Gasteiger partial charge in [-0.3, -0.25) is 37.3 Å². The first-order chi connectivity index (χ1) is 48.7. The quantitative estimate of drug-likeness (QED) is 0.0169. The summed E-state index contributed by atoms with van der Waals surface area (Å²) in [7, 11) is -9.98. The third kappa shape index (κ3) is 71.8. The Labute approximate surface area is 606 Å². The summed E-state index contributed by atoms with van der Waals surface area (Å²) in [6.45, 7) is 4.50. The van der Waals surface area contributed by atoms with Crippen molar-refractivity contribution in [3.8, 4) is 0 Å². The molecular formula is C81H138O17P2. The van der Waals surface area contributed by atoms with Crippen molar-refractivity contribution in [3.63, 3.8) is 0 Å². The summed E-state index contributed by atoms with van der Waals surface area (Å²) in [5, 5.41) is 10.6. The van der Waals surface area contributed by atoms with E-state index in [2.05, 4.69) is 125 Å². The summed E-state index contributed by atoms with van der Waals surface area (Å²) < 4.78 is 68.4. The Kier molecular flexibility index (Phi) is 69.5. The molecule has 0 aliphatic heterocycles. The van der Waals surface area contributed by atoms with Crippen LogP contribution in [0.1, 0.15) is 310 Å². The van der Waals surface area contributed by atoms with Crippen LogP contribution >= 0.6 is 15.6 Å². The Morgan fingerprint density at radius 1 is 0.300 bits per heavy atom. The summed E-state index contributed by atoms with van der Waals surface area (Å²) in [5.74, 6) is -2.34. The smallest absolute Gasteiger partial charge is 0.462 e. The van der Waals surface area contributed by atoms with E-state index in [4.69, 9.17) is 37.0 Å². The second-order valence-electron chi connectivity index (χ2n) is 25.6. The lowest BCUT2D eigenvalue weighted by atomic mass is 10.0. The van der Waals surface area contributed by atoms with Gasteiger partial charge < -0.3 is 33.8 Å². The molecule has 0 aliphatic carbocycles. The van der Waals surface area contributed by atoms with E-state index in [1.807, 2.05) is 18.2 Å². The third-order valence-corrected chi connectivity index (χ3v) is 17.9. The van der Waals surface area contributed by atoms with Crippen LogP contribution in [0.3, 0.4) is 0 Å². The molecule has 0 aromatic rings. The highest BCUT2D eigenvalue weighted by atomic mass is 31.2. The van der Waals surface area contributed by atoms with Crippen LogP contribution in [0.5, 0.6) is 0 Å². The van der Waals surface area contributed by atoms with Crippen molar-refractivity contribution in [3.05, 3.63) is 122 Å². The van der Waals surface area contributed by atoms with Gasteiger partial charge in [0.05, 0.1) is 32.8 Å². The second-order valence-corrected chi connectivity index (χ2v) is 28.5. The molecule has 0 radical (unpaired) electrons. The first kappa shape index (κ1) is 95.5. The zero-order valence-corrected chi connectivity index (χ0v) is 64.4.